The highest BCUT2D eigenvalue weighted by Gasteiger charge is 2.28. The second-order valence-electron chi connectivity index (χ2n) is 6.04. The van der Waals surface area contributed by atoms with Crippen LogP contribution in [0.4, 0.5) is 0 Å². The first-order valence-electron chi connectivity index (χ1n) is 7.85. The van der Waals surface area contributed by atoms with Gasteiger partial charge in [-0.05, 0) is 26.8 Å². The highest BCUT2D eigenvalue weighted by atomic mass is 16.5. The van der Waals surface area contributed by atoms with Crippen LogP contribution in [0.3, 0.4) is 0 Å². The number of nitrogens with zero attached hydrogens (tertiary/aromatic N) is 5. The van der Waals surface area contributed by atoms with Gasteiger partial charge in [0.1, 0.15) is 11.9 Å². The van der Waals surface area contributed by atoms with Gasteiger partial charge in [0.2, 0.25) is 5.91 Å². The first-order chi connectivity index (χ1) is 11.0. The van der Waals surface area contributed by atoms with Gasteiger partial charge in [-0.15, -0.1) is 0 Å². The van der Waals surface area contributed by atoms with Gasteiger partial charge in [0.15, 0.2) is 5.82 Å². The Morgan fingerprint density at radius 3 is 3.00 bits per heavy atom. The molecule has 3 heterocycles. The quantitative estimate of drug-likeness (QED) is 0.909. The van der Waals surface area contributed by atoms with Crippen LogP contribution in [0.1, 0.15) is 43.3 Å². The Hall–Kier alpha value is -2.22. The number of aromatic amines is 1. The van der Waals surface area contributed by atoms with Crippen molar-refractivity contribution >= 4 is 5.91 Å². The van der Waals surface area contributed by atoms with Crippen LogP contribution in [0.15, 0.2) is 12.3 Å². The first kappa shape index (κ1) is 15.7. The molecule has 0 radical (unpaired) electrons. The summed E-state index contributed by atoms with van der Waals surface area (Å²) in [6.07, 6.45) is 1.94. The monoisotopic (exact) mass is 318 g/mol. The average molecular weight is 318 g/mol. The number of aromatic nitrogens is 5. The summed E-state index contributed by atoms with van der Waals surface area (Å²) in [5, 5.41) is 11.4. The molecular weight excluding hydrogens is 296 g/mol. The minimum absolute atomic E-state index is 0.0552. The zero-order chi connectivity index (χ0) is 16.4. The van der Waals surface area contributed by atoms with Gasteiger partial charge in [0.05, 0.1) is 25.3 Å². The van der Waals surface area contributed by atoms with Crippen molar-refractivity contribution in [3.05, 3.63) is 29.6 Å². The number of H-pyrrole nitrogens is 1. The number of rotatable bonds is 4. The van der Waals surface area contributed by atoms with Crippen molar-refractivity contribution < 1.29 is 9.53 Å². The van der Waals surface area contributed by atoms with E-state index in [1.807, 2.05) is 23.9 Å². The number of hydrogen-bond acceptors (Lipinski definition) is 5. The topological polar surface area (TPSA) is 88.9 Å². The van der Waals surface area contributed by atoms with Crippen LogP contribution in [0.25, 0.3) is 0 Å². The number of aryl methyl sites for hydroxylation is 1. The molecule has 0 spiro atoms. The molecule has 1 aliphatic rings. The molecule has 8 heteroatoms. The summed E-state index contributed by atoms with van der Waals surface area (Å²) in [4.78, 5) is 18.6. The highest BCUT2D eigenvalue weighted by molar-refractivity contribution is 5.78. The van der Waals surface area contributed by atoms with Crippen molar-refractivity contribution in [3.8, 4) is 0 Å². The lowest BCUT2D eigenvalue weighted by Gasteiger charge is -2.31. The molecule has 3 rings (SSSR count). The number of hydrogen-bond donors (Lipinski definition) is 1. The third-order valence-corrected chi connectivity index (χ3v) is 3.85. The van der Waals surface area contributed by atoms with Crippen LogP contribution in [0.5, 0.6) is 0 Å². The lowest BCUT2D eigenvalue weighted by atomic mass is 10.2. The second kappa shape index (κ2) is 6.49. The van der Waals surface area contributed by atoms with Crippen molar-refractivity contribution in [2.24, 2.45) is 0 Å². The Morgan fingerprint density at radius 1 is 1.52 bits per heavy atom. The Labute approximate surface area is 134 Å². The van der Waals surface area contributed by atoms with Crippen LogP contribution in [-0.2, 0) is 16.0 Å². The van der Waals surface area contributed by atoms with Crippen LogP contribution in [0, 0.1) is 6.92 Å². The fourth-order valence-corrected chi connectivity index (χ4v) is 2.56. The van der Waals surface area contributed by atoms with Crippen molar-refractivity contribution in [1.82, 2.24) is 29.9 Å². The van der Waals surface area contributed by atoms with Gasteiger partial charge in [-0.25, -0.2) is 4.98 Å². The summed E-state index contributed by atoms with van der Waals surface area (Å²) in [6, 6.07) is 2.19. The lowest BCUT2D eigenvalue weighted by Crippen LogP contribution is -2.43. The molecule has 23 heavy (non-hydrogen) atoms. The maximum atomic E-state index is 12.5. The summed E-state index contributed by atoms with van der Waals surface area (Å²) in [7, 11) is 0. The Morgan fingerprint density at radius 2 is 2.35 bits per heavy atom. The van der Waals surface area contributed by atoms with Crippen molar-refractivity contribution in [2.75, 3.05) is 19.7 Å². The SMILES string of the molecule is Cc1nc([C@H]2CN(C(=O)Cc3ccn(C(C)C)n3)CCO2)n[nH]1. The van der Waals surface area contributed by atoms with Gasteiger partial charge in [-0.3, -0.25) is 14.6 Å². The van der Waals surface area contributed by atoms with E-state index in [1.165, 1.54) is 0 Å². The molecule has 2 aromatic heterocycles. The van der Waals surface area contributed by atoms with E-state index in [2.05, 4.69) is 34.1 Å². The number of amides is 1. The molecule has 1 atom stereocenters. The average Bonchev–Trinajstić information content (AvgIpc) is 3.16. The number of carbonyl (C=O) groups excluding carboxylic acids is 1. The molecule has 0 aromatic carbocycles. The van der Waals surface area contributed by atoms with Crippen molar-refractivity contribution in [2.45, 2.75) is 39.3 Å². The van der Waals surface area contributed by atoms with Gasteiger partial charge in [-0.1, -0.05) is 0 Å². The van der Waals surface area contributed by atoms with E-state index in [0.29, 0.717) is 38.0 Å². The summed E-state index contributed by atoms with van der Waals surface area (Å²) >= 11 is 0. The number of ether oxygens (including phenoxy) is 1. The smallest absolute Gasteiger partial charge is 0.228 e. The molecule has 0 aliphatic carbocycles. The molecule has 1 saturated heterocycles. The van der Waals surface area contributed by atoms with Gasteiger partial charge in [0, 0.05) is 18.8 Å². The van der Waals surface area contributed by atoms with Gasteiger partial charge < -0.3 is 9.64 Å². The van der Waals surface area contributed by atoms with E-state index < -0.39 is 0 Å². The van der Waals surface area contributed by atoms with Crippen LogP contribution >= 0.6 is 0 Å². The Balaban J connectivity index is 1.62. The molecule has 1 aliphatic heterocycles. The van der Waals surface area contributed by atoms with E-state index >= 15 is 0 Å². The molecule has 1 N–H and O–H groups in total. The van der Waals surface area contributed by atoms with Gasteiger partial charge >= 0.3 is 0 Å². The third kappa shape index (κ3) is 3.58. The van der Waals surface area contributed by atoms with Crippen LogP contribution in [0.2, 0.25) is 0 Å². The molecule has 8 nitrogen and oxygen atoms in total. The molecule has 2 aromatic rings. The number of carbonyl (C=O) groups is 1. The predicted octanol–water partition coefficient (Wildman–Crippen LogP) is 1.03. The number of morpholine rings is 1. The molecule has 124 valence electrons. The standard InChI is InChI=1S/C15H22N6O2/c1-10(2)21-5-4-12(19-21)8-14(22)20-6-7-23-13(9-20)15-16-11(3)17-18-15/h4-5,10,13H,6-9H2,1-3H3,(H,16,17,18)/t13-/m1/s1. The lowest BCUT2D eigenvalue weighted by molar-refractivity contribution is -0.138. The highest BCUT2D eigenvalue weighted by Crippen LogP contribution is 2.19. The van der Waals surface area contributed by atoms with Crippen molar-refractivity contribution in [1.29, 1.82) is 0 Å². The third-order valence-electron chi connectivity index (χ3n) is 3.85. The minimum Gasteiger partial charge on any atom is -0.366 e. The summed E-state index contributed by atoms with van der Waals surface area (Å²) in [6.45, 7) is 7.51. The normalized spacial score (nSPS) is 18.6. The predicted molar refractivity (Wildman–Crippen MR) is 82.7 cm³/mol. The summed E-state index contributed by atoms with van der Waals surface area (Å²) in [5.41, 5.74) is 0.792. The van der Waals surface area contributed by atoms with E-state index in [1.54, 1.807) is 4.90 Å². The fourth-order valence-electron chi connectivity index (χ4n) is 2.56. The van der Waals surface area contributed by atoms with Crippen molar-refractivity contribution in [3.63, 3.8) is 0 Å². The maximum Gasteiger partial charge on any atom is 0.228 e. The summed E-state index contributed by atoms with van der Waals surface area (Å²) in [5.74, 6) is 1.40. The summed E-state index contributed by atoms with van der Waals surface area (Å²) < 4.78 is 7.55. The first-order valence-corrected chi connectivity index (χ1v) is 7.85. The molecule has 1 amide bonds. The molecule has 0 saturated carbocycles. The fraction of sp³-hybridized carbons (Fsp3) is 0.600. The maximum absolute atomic E-state index is 12.5. The van der Waals surface area contributed by atoms with Gasteiger partial charge in [0.25, 0.3) is 0 Å². The van der Waals surface area contributed by atoms with Crippen LogP contribution in [-0.4, -0.2) is 55.5 Å². The largest absolute Gasteiger partial charge is 0.366 e. The van der Waals surface area contributed by atoms with E-state index in [0.717, 1.165) is 11.5 Å². The minimum atomic E-state index is -0.272. The molecular formula is C15H22N6O2. The van der Waals surface area contributed by atoms with Crippen LogP contribution < -0.4 is 0 Å². The second-order valence-corrected chi connectivity index (χ2v) is 6.04. The van der Waals surface area contributed by atoms with E-state index in [4.69, 9.17) is 4.74 Å². The number of nitrogens with one attached hydrogen (secondary N) is 1. The van der Waals surface area contributed by atoms with E-state index in [9.17, 15) is 4.79 Å². The molecule has 0 bridgehead atoms. The Kier molecular flexibility index (Phi) is 4.42. The van der Waals surface area contributed by atoms with E-state index in [-0.39, 0.29) is 12.0 Å². The molecule has 1 fully saturated rings. The zero-order valence-corrected chi connectivity index (χ0v) is 13.7. The zero-order valence-electron chi connectivity index (χ0n) is 13.7. The van der Waals surface area contributed by atoms with Gasteiger partial charge in [-0.2, -0.15) is 10.2 Å². The molecule has 0 unspecified atom stereocenters. The Bertz CT molecular complexity index is 677.